The zero-order chi connectivity index (χ0) is 8.43. The molecule has 1 aliphatic rings. The lowest BCUT2D eigenvalue weighted by Gasteiger charge is -2.21. The second-order valence-corrected chi connectivity index (χ2v) is 2.62. The number of rotatable bonds is 0. The first-order valence-electron chi connectivity index (χ1n) is 3.45. The lowest BCUT2D eigenvalue weighted by molar-refractivity contribution is 0.581. The molecule has 1 heterocycles. The van der Waals surface area contributed by atoms with E-state index in [1.165, 1.54) is 0 Å². The molecule has 0 saturated carbocycles. The minimum absolute atomic E-state index is 0.0753. The molecule has 0 amide bonds. The van der Waals surface area contributed by atoms with Crippen LogP contribution in [0.2, 0.25) is 0 Å². The van der Waals surface area contributed by atoms with Gasteiger partial charge < -0.3 is 10.6 Å². The molecular weight excluding hydrogens is 142 g/mol. The predicted octanol–water partition coefficient (Wildman–Crippen LogP) is -0.832. The summed E-state index contributed by atoms with van der Waals surface area (Å²) in [4.78, 5) is 10.0. The monoisotopic (exact) mass is 155 g/mol. The van der Waals surface area contributed by atoms with Crippen LogP contribution in [-0.4, -0.2) is 37.1 Å². The number of nitrogens with one attached hydrogen (secondary N) is 1. The van der Waals surface area contributed by atoms with E-state index >= 15 is 0 Å². The summed E-state index contributed by atoms with van der Waals surface area (Å²) >= 11 is 0. The molecular formula is C6H13N5. The van der Waals surface area contributed by atoms with E-state index in [0.29, 0.717) is 5.96 Å². The summed E-state index contributed by atoms with van der Waals surface area (Å²) in [5, 5.41) is 2.85. The molecule has 0 bridgehead atoms. The molecule has 11 heavy (non-hydrogen) atoms. The van der Waals surface area contributed by atoms with E-state index in [2.05, 4.69) is 15.3 Å². The van der Waals surface area contributed by atoms with Crippen molar-refractivity contribution in [1.82, 2.24) is 10.2 Å². The third-order valence-electron chi connectivity index (χ3n) is 1.30. The van der Waals surface area contributed by atoms with Crippen LogP contribution < -0.4 is 11.1 Å². The van der Waals surface area contributed by atoms with E-state index in [4.69, 9.17) is 5.73 Å². The van der Waals surface area contributed by atoms with Gasteiger partial charge in [-0.2, -0.15) is 0 Å². The Labute approximate surface area is 66.0 Å². The van der Waals surface area contributed by atoms with Crippen LogP contribution in [0.5, 0.6) is 0 Å². The summed E-state index contributed by atoms with van der Waals surface area (Å²) in [7, 11) is 3.80. The Morgan fingerprint density at radius 2 is 2.09 bits per heavy atom. The molecule has 1 aliphatic heterocycles. The van der Waals surface area contributed by atoms with E-state index in [0.717, 1.165) is 5.96 Å². The molecule has 5 heteroatoms. The fraction of sp³-hybridized carbons (Fsp3) is 0.667. The van der Waals surface area contributed by atoms with Crippen molar-refractivity contribution in [2.45, 2.75) is 13.1 Å². The van der Waals surface area contributed by atoms with Crippen LogP contribution >= 0.6 is 0 Å². The highest BCUT2D eigenvalue weighted by Gasteiger charge is 2.11. The van der Waals surface area contributed by atoms with E-state index in [1.807, 2.05) is 25.9 Å². The summed E-state index contributed by atoms with van der Waals surface area (Å²) in [5.41, 5.74) is 5.48. The average molecular weight is 155 g/mol. The van der Waals surface area contributed by atoms with Crippen molar-refractivity contribution in [3.05, 3.63) is 0 Å². The highest BCUT2D eigenvalue weighted by molar-refractivity contribution is 5.99. The van der Waals surface area contributed by atoms with Crippen molar-refractivity contribution < 1.29 is 0 Å². The van der Waals surface area contributed by atoms with E-state index in [9.17, 15) is 0 Å². The molecule has 0 radical (unpaired) electrons. The van der Waals surface area contributed by atoms with Crippen LogP contribution in [0.25, 0.3) is 0 Å². The molecule has 1 atom stereocenters. The van der Waals surface area contributed by atoms with Gasteiger partial charge in [0.25, 0.3) is 0 Å². The van der Waals surface area contributed by atoms with Crippen LogP contribution in [0.1, 0.15) is 6.92 Å². The Kier molecular flexibility index (Phi) is 1.98. The fourth-order valence-corrected chi connectivity index (χ4v) is 0.813. The van der Waals surface area contributed by atoms with Gasteiger partial charge >= 0.3 is 0 Å². The fourth-order valence-electron chi connectivity index (χ4n) is 0.813. The first kappa shape index (κ1) is 7.84. The molecule has 0 fully saturated rings. The Bertz CT molecular complexity index is 205. The van der Waals surface area contributed by atoms with Crippen molar-refractivity contribution in [3.63, 3.8) is 0 Å². The Morgan fingerprint density at radius 1 is 1.45 bits per heavy atom. The van der Waals surface area contributed by atoms with Gasteiger partial charge in [0.1, 0.15) is 6.17 Å². The SMILES string of the molecule is C[C@H]1N=C(N)NC(N(C)C)=N1. The van der Waals surface area contributed by atoms with Gasteiger partial charge in [0, 0.05) is 14.1 Å². The van der Waals surface area contributed by atoms with Crippen molar-refractivity contribution in [2.75, 3.05) is 14.1 Å². The zero-order valence-electron chi connectivity index (χ0n) is 7.00. The second-order valence-electron chi connectivity index (χ2n) is 2.62. The van der Waals surface area contributed by atoms with Crippen molar-refractivity contribution in [1.29, 1.82) is 0 Å². The molecule has 0 spiro atoms. The minimum atomic E-state index is -0.0753. The maximum atomic E-state index is 5.48. The van der Waals surface area contributed by atoms with Gasteiger partial charge in [0.05, 0.1) is 0 Å². The number of hydrogen-bond acceptors (Lipinski definition) is 5. The lowest BCUT2D eigenvalue weighted by Crippen LogP contribution is -2.47. The van der Waals surface area contributed by atoms with Gasteiger partial charge in [-0.05, 0) is 6.92 Å². The molecule has 0 aromatic rings. The van der Waals surface area contributed by atoms with E-state index in [1.54, 1.807) is 0 Å². The van der Waals surface area contributed by atoms with Crippen molar-refractivity contribution >= 4 is 11.9 Å². The number of aliphatic imine (C=N–C) groups is 2. The highest BCUT2D eigenvalue weighted by atomic mass is 15.4. The standard InChI is InChI=1S/C6H13N5/c1-4-8-5(7)10-6(9-4)11(2)3/h4H,1-3H3,(H3,7,8,9,10)/t4-/m0/s1. The Hall–Kier alpha value is -1.26. The van der Waals surface area contributed by atoms with Crippen LogP contribution in [0, 0.1) is 0 Å². The first-order valence-corrected chi connectivity index (χ1v) is 3.45. The Balaban J connectivity index is 2.71. The normalized spacial score (nSPS) is 23.4. The summed E-state index contributed by atoms with van der Waals surface area (Å²) in [6, 6.07) is 0. The lowest BCUT2D eigenvalue weighted by atomic mass is 10.5. The molecule has 0 aliphatic carbocycles. The van der Waals surface area contributed by atoms with Crippen LogP contribution in [0.15, 0.2) is 9.98 Å². The maximum absolute atomic E-state index is 5.48. The van der Waals surface area contributed by atoms with Gasteiger partial charge in [0.15, 0.2) is 5.96 Å². The topological polar surface area (TPSA) is 66.0 Å². The quantitative estimate of drug-likeness (QED) is 0.479. The maximum Gasteiger partial charge on any atom is 0.202 e. The van der Waals surface area contributed by atoms with Crippen LogP contribution in [0.3, 0.4) is 0 Å². The van der Waals surface area contributed by atoms with Crippen LogP contribution in [0.4, 0.5) is 0 Å². The van der Waals surface area contributed by atoms with Gasteiger partial charge in [-0.3, -0.25) is 5.32 Å². The summed E-state index contributed by atoms with van der Waals surface area (Å²) in [6.45, 7) is 1.89. The molecule has 0 aromatic carbocycles. The summed E-state index contributed by atoms with van der Waals surface area (Å²) < 4.78 is 0. The molecule has 1 rings (SSSR count). The minimum Gasteiger partial charge on any atom is -0.370 e. The van der Waals surface area contributed by atoms with Crippen molar-refractivity contribution in [3.8, 4) is 0 Å². The third kappa shape index (κ3) is 1.83. The van der Waals surface area contributed by atoms with Crippen molar-refractivity contribution in [2.24, 2.45) is 15.7 Å². The third-order valence-corrected chi connectivity index (χ3v) is 1.30. The smallest absolute Gasteiger partial charge is 0.202 e. The Morgan fingerprint density at radius 3 is 2.55 bits per heavy atom. The molecule has 0 saturated heterocycles. The molecule has 0 unspecified atom stereocenters. The van der Waals surface area contributed by atoms with Gasteiger partial charge in [0.2, 0.25) is 5.96 Å². The number of nitrogens with zero attached hydrogens (tertiary/aromatic N) is 3. The summed E-state index contributed by atoms with van der Waals surface area (Å²) in [6.07, 6.45) is -0.0753. The number of guanidine groups is 2. The van der Waals surface area contributed by atoms with Gasteiger partial charge in [-0.1, -0.05) is 0 Å². The van der Waals surface area contributed by atoms with E-state index in [-0.39, 0.29) is 6.17 Å². The first-order chi connectivity index (χ1) is 5.09. The van der Waals surface area contributed by atoms with Gasteiger partial charge in [-0.15, -0.1) is 0 Å². The van der Waals surface area contributed by atoms with E-state index < -0.39 is 0 Å². The van der Waals surface area contributed by atoms with Crippen LogP contribution in [-0.2, 0) is 0 Å². The zero-order valence-corrected chi connectivity index (χ0v) is 7.00. The van der Waals surface area contributed by atoms with Gasteiger partial charge in [-0.25, -0.2) is 9.98 Å². The predicted molar refractivity (Wildman–Crippen MR) is 45.3 cm³/mol. The number of hydrogen-bond donors (Lipinski definition) is 2. The molecule has 3 N–H and O–H groups in total. The molecule has 62 valence electrons. The largest absolute Gasteiger partial charge is 0.370 e. The second kappa shape index (κ2) is 2.77. The molecule has 0 aromatic heterocycles. The highest BCUT2D eigenvalue weighted by Crippen LogP contribution is 1.97. The number of nitrogens with two attached hydrogens (primary N) is 1. The summed E-state index contributed by atoms with van der Waals surface area (Å²) in [5.74, 6) is 1.18. The molecule has 5 nitrogen and oxygen atoms in total. The average Bonchev–Trinajstić information content (AvgIpc) is 1.85.